The van der Waals surface area contributed by atoms with Crippen LogP contribution in [0.2, 0.25) is 0 Å². The van der Waals surface area contributed by atoms with Crippen molar-refractivity contribution in [3.05, 3.63) is 24.3 Å². The van der Waals surface area contributed by atoms with Crippen molar-refractivity contribution in [3.63, 3.8) is 0 Å². The van der Waals surface area contributed by atoms with Crippen LogP contribution in [-0.4, -0.2) is 32.1 Å². The van der Waals surface area contributed by atoms with Gasteiger partial charge in [-0.05, 0) is 50.3 Å². The molecule has 1 aliphatic carbocycles. The molecule has 136 valence electrons. The summed E-state index contributed by atoms with van der Waals surface area (Å²) in [6, 6.07) is 8.19. The molecule has 0 radical (unpaired) electrons. The van der Waals surface area contributed by atoms with Gasteiger partial charge < -0.3 is 15.5 Å². The highest BCUT2D eigenvalue weighted by atomic mass is 35.5. The van der Waals surface area contributed by atoms with E-state index in [4.69, 9.17) is 0 Å². The third-order valence-corrected chi connectivity index (χ3v) is 4.54. The number of benzene rings is 1. The molecule has 3 rings (SSSR count). The number of hydrogen-bond acceptors (Lipinski definition) is 3. The molecule has 0 spiro atoms. The molecule has 2 fully saturated rings. The van der Waals surface area contributed by atoms with Gasteiger partial charge in [-0.1, -0.05) is 25.0 Å². The van der Waals surface area contributed by atoms with Crippen LogP contribution in [0.4, 0.5) is 11.4 Å². The zero-order chi connectivity index (χ0) is 15.2. The van der Waals surface area contributed by atoms with Crippen LogP contribution in [0.5, 0.6) is 0 Å². The number of nitrogens with zero attached hydrogens (tertiary/aromatic N) is 1. The van der Waals surface area contributed by atoms with Gasteiger partial charge in [0.25, 0.3) is 0 Å². The molecule has 1 aromatic rings. The number of nitrogens with one attached hydrogen (secondary N) is 2. The highest BCUT2D eigenvalue weighted by Crippen LogP contribution is 2.28. The average Bonchev–Trinajstić information content (AvgIpc) is 3.34. The summed E-state index contributed by atoms with van der Waals surface area (Å²) in [7, 11) is 0. The van der Waals surface area contributed by atoms with E-state index < -0.39 is 0 Å². The first kappa shape index (κ1) is 21.1. The van der Waals surface area contributed by atoms with Gasteiger partial charge >= 0.3 is 0 Å². The minimum atomic E-state index is 0. The summed E-state index contributed by atoms with van der Waals surface area (Å²) in [5.74, 6) is 0.861. The summed E-state index contributed by atoms with van der Waals surface area (Å²) >= 11 is 0. The highest BCUT2D eigenvalue weighted by Gasteiger charge is 2.21. The molecule has 4 nitrogen and oxygen atoms in total. The molecule has 0 unspecified atom stereocenters. The summed E-state index contributed by atoms with van der Waals surface area (Å²) < 4.78 is 0. The second kappa shape index (κ2) is 10.8. The third-order valence-electron chi connectivity index (χ3n) is 4.54. The maximum Gasteiger partial charge on any atom is 0.238 e. The van der Waals surface area contributed by atoms with Crippen LogP contribution < -0.4 is 15.5 Å². The molecule has 1 aromatic carbocycles. The lowest BCUT2D eigenvalue weighted by atomic mass is 10.2. The summed E-state index contributed by atoms with van der Waals surface area (Å²) in [4.78, 5) is 14.5. The summed E-state index contributed by atoms with van der Waals surface area (Å²) in [6.45, 7) is 3.56. The number of amides is 1. The Bertz CT molecular complexity index is 501. The minimum absolute atomic E-state index is 0. The van der Waals surface area contributed by atoms with Crippen molar-refractivity contribution in [2.24, 2.45) is 5.92 Å². The first-order valence-electron chi connectivity index (χ1n) is 8.67. The smallest absolute Gasteiger partial charge is 0.238 e. The van der Waals surface area contributed by atoms with Gasteiger partial charge in [0.1, 0.15) is 0 Å². The Labute approximate surface area is 157 Å². The van der Waals surface area contributed by atoms with Crippen LogP contribution in [0.3, 0.4) is 0 Å². The third kappa shape index (κ3) is 6.50. The molecule has 2 N–H and O–H groups in total. The Balaban J connectivity index is 0.00000144. The standard InChI is InChI=1S/C18H27N3O.2ClH/c22-18(14-19-13-15-9-10-15)20-16-7-3-4-8-17(16)21-11-5-1-2-6-12-21;;/h3-4,7-8,15,19H,1-2,5-6,9-14H2,(H,20,22);2*1H. The van der Waals surface area contributed by atoms with Crippen molar-refractivity contribution >= 4 is 42.1 Å². The van der Waals surface area contributed by atoms with E-state index in [1.165, 1.54) is 44.2 Å². The maximum atomic E-state index is 12.1. The largest absolute Gasteiger partial charge is 0.370 e. The molecule has 0 atom stereocenters. The van der Waals surface area contributed by atoms with Crippen molar-refractivity contribution in [2.45, 2.75) is 38.5 Å². The van der Waals surface area contributed by atoms with Crippen LogP contribution in [0, 0.1) is 5.92 Å². The SMILES string of the molecule is Cl.Cl.O=C(CNCC1CC1)Nc1ccccc1N1CCCCCC1. The number of carbonyl (C=O) groups is 1. The topological polar surface area (TPSA) is 44.4 Å². The number of rotatable bonds is 6. The van der Waals surface area contributed by atoms with Crippen LogP contribution in [-0.2, 0) is 4.79 Å². The van der Waals surface area contributed by atoms with Crippen molar-refractivity contribution < 1.29 is 4.79 Å². The van der Waals surface area contributed by atoms with Crippen LogP contribution in [0.15, 0.2) is 24.3 Å². The molecule has 1 amide bonds. The van der Waals surface area contributed by atoms with Crippen molar-refractivity contribution in [2.75, 3.05) is 36.4 Å². The van der Waals surface area contributed by atoms with Crippen LogP contribution in [0.1, 0.15) is 38.5 Å². The predicted molar refractivity (Wildman–Crippen MR) is 106 cm³/mol. The average molecular weight is 374 g/mol. The number of carbonyl (C=O) groups excluding carboxylic acids is 1. The van der Waals surface area contributed by atoms with Gasteiger partial charge in [-0.2, -0.15) is 0 Å². The Kier molecular flexibility index (Phi) is 9.49. The fraction of sp³-hybridized carbons (Fsp3) is 0.611. The van der Waals surface area contributed by atoms with Crippen LogP contribution in [0.25, 0.3) is 0 Å². The molecule has 6 heteroatoms. The Morgan fingerprint density at radius 3 is 2.38 bits per heavy atom. The van der Waals surface area contributed by atoms with E-state index in [2.05, 4.69) is 27.7 Å². The molecule has 0 bridgehead atoms. The molecular formula is C18H29Cl2N3O. The van der Waals surface area contributed by atoms with Gasteiger partial charge in [0.2, 0.25) is 5.91 Å². The van der Waals surface area contributed by atoms with E-state index in [1.54, 1.807) is 0 Å². The minimum Gasteiger partial charge on any atom is -0.370 e. The lowest BCUT2D eigenvalue weighted by Gasteiger charge is -2.25. The normalized spacial score (nSPS) is 17.2. The predicted octanol–water partition coefficient (Wildman–Crippen LogP) is 3.85. The zero-order valence-corrected chi connectivity index (χ0v) is 15.8. The number of hydrogen-bond donors (Lipinski definition) is 2. The molecule has 2 aliphatic rings. The molecule has 0 aromatic heterocycles. The van der Waals surface area contributed by atoms with Crippen LogP contribution >= 0.6 is 24.8 Å². The molecule has 24 heavy (non-hydrogen) atoms. The maximum absolute atomic E-state index is 12.1. The summed E-state index contributed by atoms with van der Waals surface area (Å²) in [6.07, 6.45) is 7.74. The fourth-order valence-electron chi connectivity index (χ4n) is 3.07. The fourth-order valence-corrected chi connectivity index (χ4v) is 3.07. The van der Waals surface area contributed by atoms with E-state index >= 15 is 0 Å². The van der Waals surface area contributed by atoms with Crippen molar-refractivity contribution in [1.82, 2.24) is 5.32 Å². The van der Waals surface area contributed by atoms with Gasteiger partial charge in [0, 0.05) is 13.1 Å². The van der Waals surface area contributed by atoms with Gasteiger partial charge in [-0.25, -0.2) is 0 Å². The monoisotopic (exact) mass is 373 g/mol. The Hall–Kier alpha value is -0.970. The summed E-state index contributed by atoms with van der Waals surface area (Å²) in [5.41, 5.74) is 2.11. The Morgan fingerprint density at radius 2 is 1.71 bits per heavy atom. The quantitative estimate of drug-likeness (QED) is 0.795. The number of para-hydroxylation sites is 2. The molecule has 1 saturated carbocycles. The van der Waals surface area contributed by atoms with E-state index in [9.17, 15) is 4.79 Å². The zero-order valence-electron chi connectivity index (χ0n) is 14.1. The molecule has 1 aliphatic heterocycles. The second-order valence-corrected chi connectivity index (χ2v) is 6.54. The van der Waals surface area contributed by atoms with Gasteiger partial charge in [-0.3, -0.25) is 4.79 Å². The van der Waals surface area contributed by atoms with Gasteiger partial charge in [0.05, 0.1) is 17.9 Å². The van der Waals surface area contributed by atoms with E-state index in [1.807, 2.05) is 12.1 Å². The van der Waals surface area contributed by atoms with Crippen molar-refractivity contribution in [3.8, 4) is 0 Å². The molecule has 1 saturated heterocycles. The number of anilines is 2. The molecular weight excluding hydrogens is 345 g/mol. The van der Waals surface area contributed by atoms with Gasteiger partial charge in [0.15, 0.2) is 0 Å². The number of halogens is 2. The second-order valence-electron chi connectivity index (χ2n) is 6.54. The first-order valence-corrected chi connectivity index (χ1v) is 8.67. The van der Waals surface area contributed by atoms with Crippen molar-refractivity contribution in [1.29, 1.82) is 0 Å². The highest BCUT2D eigenvalue weighted by molar-refractivity contribution is 5.95. The lowest BCUT2D eigenvalue weighted by Crippen LogP contribution is -2.31. The van der Waals surface area contributed by atoms with Gasteiger partial charge in [-0.15, -0.1) is 24.8 Å². The lowest BCUT2D eigenvalue weighted by molar-refractivity contribution is -0.115. The first-order chi connectivity index (χ1) is 10.8. The summed E-state index contributed by atoms with van der Waals surface area (Å²) in [5, 5.41) is 6.33. The van der Waals surface area contributed by atoms with E-state index in [-0.39, 0.29) is 30.7 Å². The van der Waals surface area contributed by atoms with E-state index in [0.717, 1.165) is 31.2 Å². The Morgan fingerprint density at radius 1 is 1.04 bits per heavy atom. The molecule has 1 heterocycles. The van der Waals surface area contributed by atoms with E-state index in [0.29, 0.717) is 6.54 Å².